The molecule has 0 atom stereocenters. The Morgan fingerprint density at radius 1 is 0.833 bits per heavy atom. The highest BCUT2D eigenvalue weighted by Gasteiger charge is 2.45. The molecule has 0 aliphatic heterocycles. The number of fused-ring (bicyclic) bond motifs is 3. The van der Waals surface area contributed by atoms with Crippen molar-refractivity contribution in [2.24, 2.45) is 7.05 Å². The molecule has 2 aromatic carbocycles. The summed E-state index contributed by atoms with van der Waals surface area (Å²) >= 11 is 0. The summed E-state index contributed by atoms with van der Waals surface area (Å²) in [6.07, 6.45) is 1.93. The molecular weight excluding hydrogens is 304 g/mol. The molecule has 0 amide bonds. The molecular formula is C21H18F2N+. The summed E-state index contributed by atoms with van der Waals surface area (Å²) in [7, 11) is 1.93. The molecule has 3 heteroatoms. The van der Waals surface area contributed by atoms with Crippen LogP contribution in [0.5, 0.6) is 0 Å². The maximum absolute atomic E-state index is 15.0. The Bertz CT molecular complexity index is 974. The number of benzene rings is 2. The van der Waals surface area contributed by atoms with E-state index in [1.54, 1.807) is 12.1 Å². The Hall–Kier alpha value is -2.55. The number of pyridine rings is 1. The molecule has 1 nitrogen and oxygen atoms in total. The van der Waals surface area contributed by atoms with Crippen LogP contribution >= 0.6 is 0 Å². The Kier molecular flexibility index (Phi) is 3.11. The third-order valence-corrected chi connectivity index (χ3v) is 4.84. The predicted octanol–water partition coefficient (Wildman–Crippen LogP) is 4.92. The van der Waals surface area contributed by atoms with E-state index in [0.717, 1.165) is 22.4 Å². The molecule has 1 aliphatic carbocycles. The monoisotopic (exact) mass is 322 g/mol. The molecule has 24 heavy (non-hydrogen) atoms. The number of aromatic nitrogens is 1. The van der Waals surface area contributed by atoms with E-state index in [4.69, 9.17) is 0 Å². The minimum Gasteiger partial charge on any atom is -0.201 e. The number of nitrogens with zero attached hydrogens (tertiary/aromatic N) is 1. The van der Waals surface area contributed by atoms with Crippen LogP contribution in [0.3, 0.4) is 0 Å². The lowest BCUT2D eigenvalue weighted by Gasteiger charge is -2.14. The van der Waals surface area contributed by atoms with Crippen LogP contribution in [-0.4, -0.2) is 0 Å². The Balaban J connectivity index is 2.00. The molecule has 3 aromatic rings. The van der Waals surface area contributed by atoms with Gasteiger partial charge in [0, 0.05) is 28.8 Å². The minimum absolute atomic E-state index is 0.104. The molecule has 1 heterocycles. The third kappa shape index (κ3) is 2.01. The first-order valence-electron chi connectivity index (χ1n) is 7.99. The molecule has 0 fully saturated rings. The molecule has 0 saturated carbocycles. The van der Waals surface area contributed by atoms with E-state index < -0.39 is 5.92 Å². The summed E-state index contributed by atoms with van der Waals surface area (Å²) in [5, 5.41) is 0. The average Bonchev–Trinajstić information content (AvgIpc) is 2.75. The summed E-state index contributed by atoms with van der Waals surface area (Å²) in [5.41, 5.74) is 5.15. The zero-order valence-corrected chi connectivity index (χ0v) is 13.9. The highest BCUT2D eigenvalue weighted by Crippen LogP contribution is 2.52. The number of rotatable bonds is 1. The van der Waals surface area contributed by atoms with E-state index in [-0.39, 0.29) is 11.1 Å². The topological polar surface area (TPSA) is 3.88 Å². The van der Waals surface area contributed by atoms with Gasteiger partial charge in [-0.25, -0.2) is 4.57 Å². The summed E-state index contributed by atoms with van der Waals surface area (Å²) in [5.74, 6) is -2.95. The second kappa shape index (κ2) is 4.97. The lowest BCUT2D eigenvalue weighted by molar-refractivity contribution is -0.660. The Labute approximate surface area is 140 Å². The molecule has 0 saturated heterocycles. The Morgan fingerprint density at radius 3 is 2.33 bits per heavy atom. The fourth-order valence-corrected chi connectivity index (χ4v) is 3.57. The molecule has 120 valence electrons. The lowest BCUT2D eigenvalue weighted by atomic mass is 9.96. The molecule has 0 bridgehead atoms. The second-order valence-corrected chi connectivity index (χ2v) is 6.53. The van der Waals surface area contributed by atoms with E-state index in [0.29, 0.717) is 11.1 Å². The average molecular weight is 322 g/mol. The normalized spacial score (nSPS) is 14.4. The van der Waals surface area contributed by atoms with Crippen molar-refractivity contribution in [3.05, 3.63) is 77.0 Å². The maximum atomic E-state index is 15.0. The first-order valence-corrected chi connectivity index (χ1v) is 7.99. The van der Waals surface area contributed by atoms with Gasteiger partial charge in [0.25, 0.3) is 5.92 Å². The molecule has 1 aromatic heterocycles. The highest BCUT2D eigenvalue weighted by atomic mass is 19.3. The van der Waals surface area contributed by atoms with Crippen LogP contribution in [-0.2, 0) is 13.0 Å². The molecule has 1 aliphatic rings. The van der Waals surface area contributed by atoms with E-state index in [2.05, 4.69) is 0 Å². The van der Waals surface area contributed by atoms with Crippen molar-refractivity contribution in [1.82, 2.24) is 0 Å². The quantitative estimate of drug-likeness (QED) is 0.560. The minimum atomic E-state index is -2.95. The van der Waals surface area contributed by atoms with Crippen LogP contribution in [0.2, 0.25) is 0 Å². The van der Waals surface area contributed by atoms with Crippen LogP contribution in [0.1, 0.15) is 22.3 Å². The van der Waals surface area contributed by atoms with E-state index in [9.17, 15) is 0 Å². The number of hydrogen-bond acceptors (Lipinski definition) is 0. The van der Waals surface area contributed by atoms with Crippen molar-refractivity contribution in [3.63, 3.8) is 0 Å². The van der Waals surface area contributed by atoms with Crippen molar-refractivity contribution in [3.8, 4) is 22.4 Å². The van der Waals surface area contributed by atoms with Crippen molar-refractivity contribution in [2.45, 2.75) is 19.8 Å². The highest BCUT2D eigenvalue weighted by molar-refractivity contribution is 5.83. The summed E-state index contributed by atoms with van der Waals surface area (Å²) in [6, 6.07) is 14.7. The van der Waals surface area contributed by atoms with Gasteiger partial charge in [0.1, 0.15) is 7.05 Å². The van der Waals surface area contributed by atoms with Crippen molar-refractivity contribution in [1.29, 1.82) is 0 Å². The number of hydrogen-bond donors (Lipinski definition) is 0. The van der Waals surface area contributed by atoms with Crippen LogP contribution in [0.15, 0.2) is 54.7 Å². The number of aryl methyl sites for hydroxylation is 3. The van der Waals surface area contributed by atoms with Crippen LogP contribution < -0.4 is 4.57 Å². The van der Waals surface area contributed by atoms with Crippen LogP contribution in [0.25, 0.3) is 22.4 Å². The maximum Gasteiger partial charge on any atom is 0.299 e. The Morgan fingerprint density at radius 2 is 1.58 bits per heavy atom. The van der Waals surface area contributed by atoms with E-state index in [1.807, 2.05) is 68.1 Å². The molecule has 0 N–H and O–H groups in total. The van der Waals surface area contributed by atoms with E-state index in [1.165, 1.54) is 0 Å². The molecule has 4 rings (SSSR count). The van der Waals surface area contributed by atoms with Crippen molar-refractivity contribution >= 4 is 0 Å². The standard InChI is InChI=1S/C21H18F2N/c1-13-7-8-15-17-11-14(2)16(20-6-4-5-9-24(20)3)12-19(17)21(22,23)18(15)10-13/h4-12H,1-3H3/q+1. The molecule has 0 spiro atoms. The van der Waals surface area contributed by atoms with Gasteiger partial charge in [-0.1, -0.05) is 23.8 Å². The van der Waals surface area contributed by atoms with Crippen LogP contribution in [0.4, 0.5) is 8.78 Å². The largest absolute Gasteiger partial charge is 0.299 e. The van der Waals surface area contributed by atoms with Crippen molar-refractivity contribution < 1.29 is 13.3 Å². The smallest absolute Gasteiger partial charge is 0.201 e. The van der Waals surface area contributed by atoms with Gasteiger partial charge in [0.2, 0.25) is 5.69 Å². The molecule has 0 unspecified atom stereocenters. The summed E-state index contributed by atoms with van der Waals surface area (Å²) in [6.45, 7) is 3.83. The molecule has 0 radical (unpaired) electrons. The lowest BCUT2D eigenvalue weighted by Crippen LogP contribution is -2.30. The van der Waals surface area contributed by atoms with Gasteiger partial charge < -0.3 is 0 Å². The number of halogens is 2. The zero-order chi connectivity index (χ0) is 17.1. The van der Waals surface area contributed by atoms with Gasteiger partial charge >= 0.3 is 0 Å². The zero-order valence-electron chi connectivity index (χ0n) is 13.9. The van der Waals surface area contributed by atoms with Gasteiger partial charge in [0.15, 0.2) is 6.20 Å². The van der Waals surface area contributed by atoms with Crippen molar-refractivity contribution in [2.75, 3.05) is 0 Å². The predicted molar refractivity (Wildman–Crippen MR) is 91.0 cm³/mol. The third-order valence-electron chi connectivity index (χ3n) is 4.84. The van der Waals surface area contributed by atoms with Gasteiger partial charge in [-0.2, -0.15) is 8.78 Å². The van der Waals surface area contributed by atoms with Gasteiger partial charge in [0.05, 0.1) is 0 Å². The summed E-state index contributed by atoms with van der Waals surface area (Å²) in [4.78, 5) is 0. The fourth-order valence-electron chi connectivity index (χ4n) is 3.57. The van der Waals surface area contributed by atoms with Gasteiger partial charge in [-0.3, -0.25) is 0 Å². The summed E-state index contributed by atoms with van der Waals surface area (Å²) < 4.78 is 32.0. The van der Waals surface area contributed by atoms with Crippen LogP contribution in [0, 0.1) is 13.8 Å². The second-order valence-electron chi connectivity index (χ2n) is 6.53. The SMILES string of the molecule is Cc1ccc2c(c1)C(F)(F)c1cc(-c3cccc[n+]3C)c(C)cc1-2. The van der Waals surface area contributed by atoms with Gasteiger partial charge in [-0.05, 0) is 48.7 Å². The first kappa shape index (κ1) is 15.0. The number of alkyl halides is 2. The first-order chi connectivity index (χ1) is 11.4. The van der Waals surface area contributed by atoms with Gasteiger partial charge in [-0.15, -0.1) is 0 Å². The van der Waals surface area contributed by atoms with E-state index >= 15 is 8.78 Å². The fraction of sp³-hybridized carbons (Fsp3) is 0.190.